The van der Waals surface area contributed by atoms with Gasteiger partial charge in [-0.15, -0.1) is 0 Å². The first-order chi connectivity index (χ1) is 7.63. The smallest absolute Gasteiger partial charge is 0.404 e. The van der Waals surface area contributed by atoms with Crippen LogP contribution in [0.4, 0.5) is 4.79 Å². The highest BCUT2D eigenvalue weighted by Crippen LogP contribution is 2.51. The summed E-state index contributed by atoms with van der Waals surface area (Å²) in [6.07, 6.45) is -0.163. The molecule has 1 aliphatic heterocycles. The van der Waals surface area contributed by atoms with Crippen LogP contribution in [0.5, 0.6) is 0 Å². The molecule has 1 aliphatic carbocycles. The van der Waals surface area contributed by atoms with Crippen molar-refractivity contribution in [3.63, 3.8) is 0 Å². The van der Waals surface area contributed by atoms with Crippen LogP contribution in [0.1, 0.15) is 13.3 Å². The molecular formula is C10H15NO4S. The fourth-order valence-electron chi connectivity index (χ4n) is 2.37. The Labute approximate surface area is 98.0 Å². The van der Waals surface area contributed by atoms with Gasteiger partial charge < -0.3 is 15.2 Å². The van der Waals surface area contributed by atoms with Gasteiger partial charge in [0.1, 0.15) is 6.10 Å². The van der Waals surface area contributed by atoms with E-state index in [4.69, 9.17) is 15.2 Å². The van der Waals surface area contributed by atoms with Gasteiger partial charge in [0.2, 0.25) is 0 Å². The van der Waals surface area contributed by atoms with Crippen LogP contribution in [0.25, 0.3) is 0 Å². The van der Waals surface area contributed by atoms with Crippen LogP contribution in [0.3, 0.4) is 0 Å². The third kappa shape index (κ3) is 1.98. The molecule has 0 aromatic carbocycles. The summed E-state index contributed by atoms with van der Waals surface area (Å²) >= 11 is 1.75. The SMILES string of the molecule is CCOC(=O)[C@H]1CS[C@@H]2C[C@H](OC(N)=O)[C@H]12. The van der Waals surface area contributed by atoms with Crippen LogP contribution in [0.2, 0.25) is 0 Å². The topological polar surface area (TPSA) is 78.6 Å². The third-order valence-electron chi connectivity index (χ3n) is 3.13. The number of thioether (sulfide) groups is 1. The molecule has 90 valence electrons. The van der Waals surface area contributed by atoms with Gasteiger partial charge in [-0.25, -0.2) is 4.79 Å². The first kappa shape index (κ1) is 11.6. The number of ether oxygens (including phenoxy) is 2. The summed E-state index contributed by atoms with van der Waals surface area (Å²) in [7, 11) is 0. The normalized spacial score (nSPS) is 36.1. The van der Waals surface area contributed by atoms with E-state index in [0.717, 1.165) is 12.2 Å². The van der Waals surface area contributed by atoms with Gasteiger partial charge in [0.05, 0.1) is 12.5 Å². The Morgan fingerprint density at radius 3 is 2.88 bits per heavy atom. The highest BCUT2D eigenvalue weighted by atomic mass is 32.2. The molecule has 16 heavy (non-hydrogen) atoms. The summed E-state index contributed by atoms with van der Waals surface area (Å²) in [5, 5.41) is 0.416. The fourth-order valence-corrected chi connectivity index (χ4v) is 4.10. The summed E-state index contributed by atoms with van der Waals surface area (Å²) in [4.78, 5) is 22.3. The average molecular weight is 245 g/mol. The number of primary amides is 1. The predicted molar refractivity (Wildman–Crippen MR) is 58.9 cm³/mol. The molecule has 1 amide bonds. The molecule has 0 bridgehead atoms. The van der Waals surface area contributed by atoms with Crippen LogP contribution in [0.15, 0.2) is 0 Å². The Morgan fingerprint density at radius 1 is 1.50 bits per heavy atom. The van der Waals surface area contributed by atoms with E-state index in [1.165, 1.54) is 0 Å². The summed E-state index contributed by atoms with van der Waals surface area (Å²) in [6.45, 7) is 2.17. The quantitative estimate of drug-likeness (QED) is 0.743. The number of nitrogens with two attached hydrogens (primary N) is 1. The zero-order valence-electron chi connectivity index (χ0n) is 9.05. The Morgan fingerprint density at radius 2 is 2.25 bits per heavy atom. The Hall–Kier alpha value is -0.910. The van der Waals surface area contributed by atoms with Gasteiger partial charge in [0.25, 0.3) is 0 Å². The number of esters is 1. The molecule has 0 radical (unpaired) electrons. The lowest BCUT2D eigenvalue weighted by Crippen LogP contribution is -2.49. The number of hydrogen-bond donors (Lipinski definition) is 1. The molecule has 6 heteroatoms. The van der Waals surface area contributed by atoms with Gasteiger partial charge in [0, 0.05) is 16.9 Å². The summed E-state index contributed by atoms with van der Waals surface area (Å²) in [5.74, 6) is 0.525. The van der Waals surface area contributed by atoms with E-state index in [9.17, 15) is 9.59 Å². The number of carbonyl (C=O) groups is 2. The van der Waals surface area contributed by atoms with Crippen molar-refractivity contribution < 1.29 is 19.1 Å². The first-order valence-electron chi connectivity index (χ1n) is 5.37. The van der Waals surface area contributed by atoms with E-state index in [1.807, 2.05) is 0 Å². The lowest BCUT2D eigenvalue weighted by molar-refractivity contribution is -0.152. The Bertz CT molecular complexity index is 309. The van der Waals surface area contributed by atoms with Crippen LogP contribution in [-0.4, -0.2) is 35.8 Å². The molecule has 1 saturated carbocycles. The fraction of sp³-hybridized carbons (Fsp3) is 0.800. The molecule has 0 spiro atoms. The highest BCUT2D eigenvalue weighted by Gasteiger charge is 2.55. The first-order valence-corrected chi connectivity index (χ1v) is 6.42. The molecule has 2 rings (SSSR count). The standard InChI is InChI=1S/C10H15NO4S/c1-2-14-9(12)5-4-16-7-3-6(8(5)7)15-10(11)13/h5-8H,2-4H2,1H3,(H2,11,13)/t5-,6-,7+,8-/m0/s1. The van der Waals surface area contributed by atoms with Crippen molar-refractivity contribution in [2.45, 2.75) is 24.7 Å². The van der Waals surface area contributed by atoms with Crippen molar-refractivity contribution in [3.8, 4) is 0 Å². The monoisotopic (exact) mass is 245 g/mol. The highest BCUT2D eigenvalue weighted by molar-refractivity contribution is 8.00. The van der Waals surface area contributed by atoms with E-state index >= 15 is 0 Å². The molecule has 0 unspecified atom stereocenters. The largest absolute Gasteiger partial charge is 0.466 e. The van der Waals surface area contributed by atoms with Crippen molar-refractivity contribution in [3.05, 3.63) is 0 Å². The van der Waals surface area contributed by atoms with E-state index in [2.05, 4.69) is 0 Å². The van der Waals surface area contributed by atoms with Gasteiger partial charge in [-0.2, -0.15) is 11.8 Å². The Kier molecular flexibility index (Phi) is 3.28. The summed E-state index contributed by atoms with van der Waals surface area (Å²) < 4.78 is 9.98. The zero-order valence-corrected chi connectivity index (χ0v) is 9.87. The molecule has 5 nitrogen and oxygen atoms in total. The number of hydrogen-bond acceptors (Lipinski definition) is 5. The number of amides is 1. The number of fused-ring (bicyclic) bond motifs is 1. The molecular weight excluding hydrogens is 230 g/mol. The molecule has 2 fully saturated rings. The van der Waals surface area contributed by atoms with Crippen molar-refractivity contribution >= 4 is 23.8 Å². The van der Waals surface area contributed by atoms with Gasteiger partial charge in [-0.05, 0) is 13.3 Å². The average Bonchev–Trinajstić information content (AvgIpc) is 2.52. The summed E-state index contributed by atoms with van der Waals surface area (Å²) in [5.41, 5.74) is 4.98. The second-order valence-electron chi connectivity index (χ2n) is 4.02. The lowest BCUT2D eigenvalue weighted by atomic mass is 9.73. The van der Waals surface area contributed by atoms with Gasteiger partial charge in [0.15, 0.2) is 0 Å². The molecule has 1 heterocycles. The maximum absolute atomic E-state index is 11.7. The second-order valence-corrected chi connectivity index (χ2v) is 5.29. The van der Waals surface area contributed by atoms with Crippen LogP contribution < -0.4 is 5.73 Å². The molecule has 0 aromatic heterocycles. The van der Waals surface area contributed by atoms with Crippen LogP contribution in [0, 0.1) is 11.8 Å². The molecule has 0 aromatic rings. The van der Waals surface area contributed by atoms with Gasteiger partial charge in [-0.3, -0.25) is 4.79 Å². The minimum Gasteiger partial charge on any atom is -0.466 e. The predicted octanol–water partition coefficient (Wildman–Crippen LogP) is 0.765. The zero-order chi connectivity index (χ0) is 11.7. The van der Waals surface area contributed by atoms with E-state index in [0.29, 0.717) is 11.9 Å². The lowest BCUT2D eigenvalue weighted by Gasteiger charge is -2.40. The van der Waals surface area contributed by atoms with Gasteiger partial charge in [-0.1, -0.05) is 0 Å². The molecule has 2 aliphatic rings. The minimum atomic E-state index is -0.761. The maximum Gasteiger partial charge on any atom is 0.404 e. The molecule has 4 atom stereocenters. The van der Waals surface area contributed by atoms with Crippen molar-refractivity contribution in [1.29, 1.82) is 0 Å². The van der Waals surface area contributed by atoms with Crippen molar-refractivity contribution in [2.24, 2.45) is 17.6 Å². The van der Waals surface area contributed by atoms with Crippen molar-refractivity contribution in [1.82, 2.24) is 0 Å². The molecule has 1 saturated heterocycles. The van der Waals surface area contributed by atoms with E-state index in [-0.39, 0.29) is 23.9 Å². The second kappa shape index (κ2) is 4.53. The van der Waals surface area contributed by atoms with E-state index in [1.54, 1.807) is 18.7 Å². The summed E-state index contributed by atoms with van der Waals surface area (Å²) in [6, 6.07) is 0. The van der Waals surface area contributed by atoms with Crippen LogP contribution in [-0.2, 0) is 14.3 Å². The van der Waals surface area contributed by atoms with E-state index < -0.39 is 6.09 Å². The number of rotatable bonds is 3. The number of carbonyl (C=O) groups excluding carboxylic acids is 2. The van der Waals surface area contributed by atoms with Crippen LogP contribution >= 0.6 is 11.8 Å². The Balaban J connectivity index is 1.95. The third-order valence-corrected chi connectivity index (χ3v) is 4.62. The van der Waals surface area contributed by atoms with Crippen molar-refractivity contribution in [2.75, 3.05) is 12.4 Å². The molecule has 2 N–H and O–H groups in total. The minimum absolute atomic E-state index is 0.0940. The van der Waals surface area contributed by atoms with Gasteiger partial charge >= 0.3 is 12.1 Å². The maximum atomic E-state index is 11.7.